The predicted octanol–water partition coefficient (Wildman–Crippen LogP) is 3.56. The van der Waals surface area contributed by atoms with Crippen molar-refractivity contribution >= 4 is 29.5 Å². The van der Waals surface area contributed by atoms with Crippen LogP contribution in [0.3, 0.4) is 0 Å². The van der Waals surface area contributed by atoms with Crippen molar-refractivity contribution in [3.05, 3.63) is 28.7 Å². The molecule has 0 spiro atoms. The van der Waals surface area contributed by atoms with Crippen molar-refractivity contribution in [3.8, 4) is 0 Å². The first-order chi connectivity index (χ1) is 11.5. The van der Waals surface area contributed by atoms with Crippen molar-refractivity contribution in [2.75, 3.05) is 18.4 Å². The Hall–Kier alpha value is -1.66. The zero-order chi connectivity index (χ0) is 17.1. The number of rotatable bonds is 5. The number of carbonyl (C=O) groups is 1. The number of aromatic nitrogens is 1. The van der Waals surface area contributed by atoms with Crippen molar-refractivity contribution in [2.24, 2.45) is 0 Å². The molecule has 2 aliphatic rings. The maximum absolute atomic E-state index is 13.1. The summed E-state index contributed by atoms with van der Waals surface area (Å²) >= 11 is 6.20. The van der Waals surface area contributed by atoms with Crippen LogP contribution in [0.4, 0.5) is 10.2 Å². The Morgan fingerprint density at radius 2 is 2.17 bits per heavy atom. The summed E-state index contributed by atoms with van der Waals surface area (Å²) in [7, 11) is 0. The summed E-state index contributed by atoms with van der Waals surface area (Å²) in [4.78, 5) is 17.3. The van der Waals surface area contributed by atoms with Crippen LogP contribution in [0.15, 0.2) is 18.1 Å². The quantitative estimate of drug-likeness (QED) is 0.792. The fourth-order valence-corrected chi connectivity index (χ4v) is 3.77. The lowest BCUT2D eigenvalue weighted by molar-refractivity contribution is -0.134. The third-order valence-corrected chi connectivity index (χ3v) is 5.05. The van der Waals surface area contributed by atoms with E-state index < -0.39 is 11.8 Å². The van der Waals surface area contributed by atoms with Gasteiger partial charge in [-0.25, -0.2) is 9.78 Å². The number of nitrogens with zero attached hydrogens (tertiary/aromatic N) is 2. The molecule has 7 heteroatoms. The number of aliphatic carboxylic acids is 1. The number of hydrogen-bond donors (Lipinski definition) is 2. The van der Waals surface area contributed by atoms with Crippen LogP contribution >= 0.6 is 11.6 Å². The highest BCUT2D eigenvalue weighted by atomic mass is 35.5. The van der Waals surface area contributed by atoms with Crippen molar-refractivity contribution < 1.29 is 14.3 Å². The molecule has 5 nitrogen and oxygen atoms in total. The van der Waals surface area contributed by atoms with E-state index >= 15 is 0 Å². The van der Waals surface area contributed by atoms with Gasteiger partial charge >= 0.3 is 5.97 Å². The molecule has 1 atom stereocenters. The van der Waals surface area contributed by atoms with Gasteiger partial charge in [0.25, 0.3) is 0 Å². The number of carboxylic acids is 1. The van der Waals surface area contributed by atoms with Crippen LogP contribution in [0.25, 0.3) is 6.08 Å². The Morgan fingerprint density at radius 3 is 2.83 bits per heavy atom. The molecule has 1 saturated carbocycles. The highest BCUT2D eigenvalue weighted by Crippen LogP contribution is 2.29. The van der Waals surface area contributed by atoms with Gasteiger partial charge in [0.05, 0.1) is 5.02 Å². The summed E-state index contributed by atoms with van der Waals surface area (Å²) in [5.41, 5.74) is 0.324. The Bertz CT molecular complexity index is 647. The molecular formula is C17H21ClFN3O2. The number of pyridine rings is 1. The largest absolute Gasteiger partial charge is 0.476 e. The maximum Gasteiger partial charge on any atom is 0.364 e. The SMILES string of the molecule is O=C(O)/C(F)=C/c1cnc(N[C@@H]2CCN(C3CCCC3)C2)c(Cl)c1. The number of hydrogen-bond acceptors (Lipinski definition) is 4. The van der Waals surface area contributed by atoms with Crippen LogP contribution in [0.2, 0.25) is 5.02 Å². The van der Waals surface area contributed by atoms with Crippen LogP contribution in [-0.2, 0) is 4.79 Å². The monoisotopic (exact) mass is 353 g/mol. The summed E-state index contributed by atoms with van der Waals surface area (Å²) in [6.45, 7) is 2.07. The predicted molar refractivity (Wildman–Crippen MR) is 91.8 cm³/mol. The lowest BCUT2D eigenvalue weighted by Crippen LogP contribution is -2.33. The van der Waals surface area contributed by atoms with Crippen LogP contribution in [0.1, 0.15) is 37.7 Å². The fourth-order valence-electron chi connectivity index (χ4n) is 3.55. The Morgan fingerprint density at radius 1 is 1.42 bits per heavy atom. The first-order valence-electron chi connectivity index (χ1n) is 8.29. The zero-order valence-electron chi connectivity index (χ0n) is 13.3. The van der Waals surface area contributed by atoms with Crippen LogP contribution in [0.5, 0.6) is 0 Å². The van der Waals surface area contributed by atoms with Gasteiger partial charge in [-0.15, -0.1) is 0 Å². The highest BCUT2D eigenvalue weighted by Gasteiger charge is 2.30. The second kappa shape index (κ2) is 7.49. The minimum atomic E-state index is -1.61. The van der Waals surface area contributed by atoms with Gasteiger partial charge in [-0.05, 0) is 37.0 Å². The average molecular weight is 354 g/mol. The molecule has 1 aromatic heterocycles. The Labute approximate surface area is 145 Å². The molecule has 0 radical (unpaired) electrons. The lowest BCUT2D eigenvalue weighted by Gasteiger charge is -2.23. The number of nitrogens with one attached hydrogen (secondary N) is 1. The third-order valence-electron chi connectivity index (χ3n) is 4.76. The van der Waals surface area contributed by atoms with Gasteiger partial charge in [-0.1, -0.05) is 24.4 Å². The molecule has 2 N–H and O–H groups in total. The summed E-state index contributed by atoms with van der Waals surface area (Å²) < 4.78 is 13.1. The van der Waals surface area contributed by atoms with Crippen LogP contribution in [0, 0.1) is 0 Å². The standard InChI is InChI=1S/C17H21ClFN3O2/c18-14-7-11(8-15(19)17(23)24)9-20-16(14)21-12-5-6-22(10-12)13-3-1-2-4-13/h7-9,12-13H,1-6,10H2,(H,20,21)(H,23,24)/b15-8-/t12-/m1/s1. The average Bonchev–Trinajstić information content (AvgIpc) is 3.21. The molecule has 0 amide bonds. The van der Waals surface area contributed by atoms with E-state index in [-0.39, 0.29) is 0 Å². The Kier molecular flexibility index (Phi) is 5.36. The maximum atomic E-state index is 13.1. The smallest absolute Gasteiger partial charge is 0.364 e. The molecule has 24 heavy (non-hydrogen) atoms. The minimum absolute atomic E-state index is 0.299. The van der Waals surface area contributed by atoms with Gasteiger partial charge in [-0.2, -0.15) is 4.39 Å². The summed E-state index contributed by atoms with van der Waals surface area (Å²) in [5.74, 6) is -2.29. The van der Waals surface area contributed by atoms with E-state index in [1.165, 1.54) is 37.9 Å². The number of halogens is 2. The van der Waals surface area contributed by atoms with E-state index in [4.69, 9.17) is 16.7 Å². The normalized spacial score (nSPS) is 22.9. The first-order valence-corrected chi connectivity index (χ1v) is 8.67. The second-order valence-electron chi connectivity index (χ2n) is 6.46. The lowest BCUT2D eigenvalue weighted by atomic mass is 10.2. The van der Waals surface area contributed by atoms with E-state index in [0.717, 1.165) is 25.6 Å². The summed E-state index contributed by atoms with van der Waals surface area (Å²) in [6, 6.07) is 2.53. The van der Waals surface area contributed by atoms with Crippen molar-refractivity contribution in [2.45, 2.75) is 44.2 Å². The molecule has 0 bridgehead atoms. The molecule has 1 aliphatic heterocycles. The van der Waals surface area contributed by atoms with E-state index in [1.54, 1.807) is 0 Å². The number of likely N-dealkylation sites (tertiary alicyclic amines) is 1. The molecule has 130 valence electrons. The van der Waals surface area contributed by atoms with E-state index in [9.17, 15) is 9.18 Å². The fraction of sp³-hybridized carbons (Fsp3) is 0.529. The molecular weight excluding hydrogens is 333 g/mol. The molecule has 3 rings (SSSR count). The van der Waals surface area contributed by atoms with Gasteiger partial charge in [0, 0.05) is 31.4 Å². The van der Waals surface area contributed by atoms with E-state index in [2.05, 4.69) is 15.2 Å². The molecule has 1 saturated heterocycles. The number of anilines is 1. The van der Waals surface area contributed by atoms with Gasteiger partial charge in [0.15, 0.2) is 0 Å². The summed E-state index contributed by atoms with van der Waals surface area (Å²) in [6.07, 6.45) is 8.61. The van der Waals surface area contributed by atoms with Gasteiger partial charge in [0.1, 0.15) is 5.82 Å². The van der Waals surface area contributed by atoms with Gasteiger partial charge in [0.2, 0.25) is 5.83 Å². The Balaban J connectivity index is 1.61. The summed E-state index contributed by atoms with van der Waals surface area (Å²) in [5, 5.41) is 12.3. The van der Waals surface area contributed by atoms with Crippen molar-refractivity contribution in [3.63, 3.8) is 0 Å². The van der Waals surface area contributed by atoms with Gasteiger partial charge in [-0.3, -0.25) is 4.90 Å². The molecule has 2 fully saturated rings. The molecule has 1 aliphatic carbocycles. The van der Waals surface area contributed by atoms with Gasteiger partial charge < -0.3 is 10.4 Å². The number of carboxylic acid groups (broad SMARTS) is 1. The van der Waals surface area contributed by atoms with Crippen molar-refractivity contribution in [1.82, 2.24) is 9.88 Å². The minimum Gasteiger partial charge on any atom is -0.476 e. The van der Waals surface area contributed by atoms with Crippen LogP contribution < -0.4 is 5.32 Å². The highest BCUT2D eigenvalue weighted by molar-refractivity contribution is 6.33. The van der Waals surface area contributed by atoms with Crippen molar-refractivity contribution in [1.29, 1.82) is 0 Å². The molecule has 2 heterocycles. The first kappa shape index (κ1) is 17.2. The van der Waals surface area contributed by atoms with Crippen LogP contribution in [-0.4, -0.2) is 46.1 Å². The topological polar surface area (TPSA) is 65.5 Å². The third kappa shape index (κ3) is 4.05. The van der Waals surface area contributed by atoms with E-state index in [1.807, 2.05) is 0 Å². The molecule has 0 unspecified atom stereocenters. The second-order valence-corrected chi connectivity index (χ2v) is 6.87. The molecule has 1 aromatic rings. The molecule has 0 aromatic carbocycles. The zero-order valence-corrected chi connectivity index (χ0v) is 14.1. The van der Waals surface area contributed by atoms with E-state index in [0.29, 0.717) is 28.5 Å².